The van der Waals surface area contributed by atoms with Crippen LogP contribution >= 0.6 is 12.2 Å². The molecular formula is C12H12N4S. The van der Waals surface area contributed by atoms with Crippen LogP contribution in [0, 0.1) is 6.92 Å². The average Bonchev–Trinajstić information content (AvgIpc) is 2.29. The largest absolute Gasteiger partial charge is 0.389 e. The number of hydrogen-bond acceptors (Lipinski definition) is 4. The average molecular weight is 244 g/mol. The molecule has 0 aliphatic rings. The second-order valence-corrected chi connectivity index (χ2v) is 4.09. The zero-order chi connectivity index (χ0) is 12.3. The molecule has 0 fully saturated rings. The molecule has 2 rings (SSSR count). The van der Waals surface area contributed by atoms with Crippen molar-refractivity contribution in [2.24, 2.45) is 5.73 Å². The summed E-state index contributed by atoms with van der Waals surface area (Å²) in [6, 6.07) is 9.70. The minimum atomic E-state index is 0.301. The van der Waals surface area contributed by atoms with Crippen molar-refractivity contribution >= 4 is 28.7 Å². The number of nitrogens with two attached hydrogens (primary N) is 1. The minimum absolute atomic E-state index is 0.301. The van der Waals surface area contributed by atoms with E-state index in [9.17, 15) is 0 Å². The highest BCUT2D eigenvalue weighted by atomic mass is 32.1. The number of thiocarbonyl (C=S) groups is 1. The van der Waals surface area contributed by atoms with Gasteiger partial charge in [-0.25, -0.2) is 0 Å². The molecular weight excluding hydrogens is 232 g/mol. The van der Waals surface area contributed by atoms with Gasteiger partial charge < -0.3 is 11.1 Å². The molecule has 4 nitrogen and oxygen atoms in total. The molecule has 0 unspecified atom stereocenters. The van der Waals surface area contributed by atoms with E-state index in [1.165, 1.54) is 0 Å². The summed E-state index contributed by atoms with van der Waals surface area (Å²) < 4.78 is 0. The van der Waals surface area contributed by atoms with Gasteiger partial charge in [0, 0.05) is 5.69 Å². The van der Waals surface area contributed by atoms with E-state index in [1.54, 1.807) is 12.3 Å². The lowest BCUT2D eigenvalue weighted by atomic mass is 10.2. The first-order chi connectivity index (χ1) is 8.16. The molecule has 1 aromatic heterocycles. The van der Waals surface area contributed by atoms with Crippen LogP contribution in [0.2, 0.25) is 0 Å². The minimum Gasteiger partial charge on any atom is -0.389 e. The second-order valence-electron chi connectivity index (χ2n) is 3.65. The summed E-state index contributed by atoms with van der Waals surface area (Å²) in [6.07, 6.45) is 1.57. The van der Waals surface area contributed by atoms with Crippen molar-refractivity contribution in [1.82, 2.24) is 10.2 Å². The van der Waals surface area contributed by atoms with Crippen LogP contribution in [0.15, 0.2) is 36.5 Å². The van der Waals surface area contributed by atoms with Gasteiger partial charge in [0.25, 0.3) is 0 Å². The van der Waals surface area contributed by atoms with Gasteiger partial charge in [-0.05, 0) is 30.7 Å². The maximum Gasteiger partial charge on any atom is 0.163 e. The van der Waals surface area contributed by atoms with Crippen LogP contribution in [0.25, 0.3) is 0 Å². The van der Waals surface area contributed by atoms with E-state index in [0.29, 0.717) is 16.4 Å². The second kappa shape index (κ2) is 4.88. The van der Waals surface area contributed by atoms with Gasteiger partial charge in [0.05, 0.1) is 11.8 Å². The smallest absolute Gasteiger partial charge is 0.163 e. The van der Waals surface area contributed by atoms with Crippen molar-refractivity contribution in [2.75, 3.05) is 5.32 Å². The van der Waals surface area contributed by atoms with Crippen LogP contribution in [0.3, 0.4) is 0 Å². The molecule has 3 N–H and O–H groups in total. The number of aryl methyl sites for hydroxylation is 1. The fourth-order valence-corrected chi connectivity index (χ4v) is 1.65. The lowest BCUT2D eigenvalue weighted by Crippen LogP contribution is -2.13. The van der Waals surface area contributed by atoms with Crippen molar-refractivity contribution in [3.63, 3.8) is 0 Å². The predicted octanol–water partition coefficient (Wildman–Crippen LogP) is 2.16. The van der Waals surface area contributed by atoms with E-state index in [1.807, 2.05) is 31.2 Å². The molecule has 0 atom stereocenters. The number of anilines is 2. The van der Waals surface area contributed by atoms with Crippen LogP contribution in [0.4, 0.5) is 11.5 Å². The zero-order valence-electron chi connectivity index (χ0n) is 9.34. The molecule has 1 heterocycles. The normalized spacial score (nSPS) is 9.94. The molecule has 17 heavy (non-hydrogen) atoms. The molecule has 0 spiro atoms. The van der Waals surface area contributed by atoms with Crippen molar-refractivity contribution in [3.8, 4) is 0 Å². The van der Waals surface area contributed by atoms with Crippen molar-refractivity contribution in [1.29, 1.82) is 0 Å². The summed E-state index contributed by atoms with van der Waals surface area (Å²) in [5.41, 5.74) is 8.41. The first-order valence-corrected chi connectivity index (χ1v) is 5.53. The Morgan fingerprint density at radius 3 is 2.88 bits per heavy atom. The molecule has 2 aromatic rings. The summed E-state index contributed by atoms with van der Waals surface area (Å²) in [7, 11) is 0. The predicted molar refractivity (Wildman–Crippen MR) is 72.4 cm³/mol. The van der Waals surface area contributed by atoms with Gasteiger partial charge >= 0.3 is 0 Å². The number of nitrogens with zero attached hydrogens (tertiary/aromatic N) is 2. The highest BCUT2D eigenvalue weighted by Crippen LogP contribution is 2.18. The lowest BCUT2D eigenvalue weighted by molar-refractivity contribution is 1.03. The van der Waals surface area contributed by atoms with E-state index in [0.717, 1.165) is 11.3 Å². The maximum atomic E-state index is 5.62. The molecule has 5 heteroatoms. The SMILES string of the molecule is Cc1cccc(Nc2nnccc2C(N)=S)c1. The van der Waals surface area contributed by atoms with Crippen molar-refractivity contribution in [2.45, 2.75) is 6.92 Å². The summed E-state index contributed by atoms with van der Waals surface area (Å²) in [4.78, 5) is 0.301. The quantitative estimate of drug-likeness (QED) is 0.810. The molecule has 0 saturated carbocycles. The Kier molecular flexibility index (Phi) is 3.30. The Morgan fingerprint density at radius 2 is 2.18 bits per heavy atom. The van der Waals surface area contributed by atoms with E-state index in [4.69, 9.17) is 18.0 Å². The van der Waals surface area contributed by atoms with Gasteiger partial charge in [-0.2, -0.15) is 5.10 Å². The topological polar surface area (TPSA) is 63.8 Å². The Bertz CT molecular complexity index is 554. The molecule has 86 valence electrons. The van der Waals surface area contributed by atoms with Crippen molar-refractivity contribution < 1.29 is 0 Å². The van der Waals surface area contributed by atoms with E-state index in [-0.39, 0.29) is 0 Å². The monoisotopic (exact) mass is 244 g/mol. The molecule has 0 aliphatic heterocycles. The number of benzene rings is 1. The first-order valence-electron chi connectivity index (χ1n) is 5.12. The highest BCUT2D eigenvalue weighted by Gasteiger charge is 2.06. The molecule has 0 radical (unpaired) electrons. The fourth-order valence-electron chi connectivity index (χ4n) is 1.48. The lowest BCUT2D eigenvalue weighted by Gasteiger charge is -2.09. The molecule has 0 bridgehead atoms. The summed E-state index contributed by atoms with van der Waals surface area (Å²) in [5.74, 6) is 0.575. The third-order valence-electron chi connectivity index (χ3n) is 2.27. The third-order valence-corrected chi connectivity index (χ3v) is 2.49. The van der Waals surface area contributed by atoms with E-state index < -0.39 is 0 Å². The van der Waals surface area contributed by atoms with Gasteiger partial charge in [0.1, 0.15) is 4.99 Å². The summed E-state index contributed by atoms with van der Waals surface area (Å²) in [6.45, 7) is 2.02. The Hall–Kier alpha value is -2.01. The van der Waals surface area contributed by atoms with Gasteiger partial charge in [0.15, 0.2) is 5.82 Å². The van der Waals surface area contributed by atoms with Gasteiger partial charge in [-0.3, -0.25) is 0 Å². The number of rotatable bonds is 3. The van der Waals surface area contributed by atoms with E-state index in [2.05, 4.69) is 15.5 Å². The molecule has 0 saturated heterocycles. The summed E-state index contributed by atoms with van der Waals surface area (Å²) >= 11 is 4.96. The zero-order valence-corrected chi connectivity index (χ0v) is 10.2. The third kappa shape index (κ3) is 2.76. The van der Waals surface area contributed by atoms with Crippen LogP contribution in [0.5, 0.6) is 0 Å². The molecule has 1 aromatic carbocycles. The highest BCUT2D eigenvalue weighted by molar-refractivity contribution is 7.80. The Balaban J connectivity index is 2.33. The van der Waals surface area contributed by atoms with Crippen LogP contribution in [0.1, 0.15) is 11.1 Å². The number of aromatic nitrogens is 2. The summed E-state index contributed by atoms with van der Waals surface area (Å²) in [5, 5.41) is 11.0. The van der Waals surface area contributed by atoms with Crippen LogP contribution < -0.4 is 11.1 Å². The molecule has 0 aliphatic carbocycles. The number of hydrogen-bond donors (Lipinski definition) is 2. The van der Waals surface area contributed by atoms with Crippen LogP contribution in [-0.4, -0.2) is 15.2 Å². The van der Waals surface area contributed by atoms with Gasteiger partial charge in [0.2, 0.25) is 0 Å². The number of nitrogens with one attached hydrogen (secondary N) is 1. The fraction of sp³-hybridized carbons (Fsp3) is 0.0833. The van der Waals surface area contributed by atoms with Gasteiger partial charge in [-0.1, -0.05) is 24.4 Å². The first kappa shape index (κ1) is 11.5. The maximum absolute atomic E-state index is 5.62. The standard InChI is InChI=1S/C12H12N4S/c1-8-3-2-4-9(7-8)15-12-10(11(13)17)5-6-14-16-12/h2-7H,1H3,(H2,13,17)(H,15,16). The Labute approximate surface area is 105 Å². The van der Waals surface area contributed by atoms with Crippen molar-refractivity contribution in [3.05, 3.63) is 47.7 Å². The van der Waals surface area contributed by atoms with Gasteiger partial charge in [-0.15, -0.1) is 5.10 Å². The Morgan fingerprint density at radius 1 is 1.35 bits per heavy atom. The molecule has 0 amide bonds. The van der Waals surface area contributed by atoms with Crippen LogP contribution in [-0.2, 0) is 0 Å². The van der Waals surface area contributed by atoms with E-state index >= 15 is 0 Å².